The zero-order valence-corrected chi connectivity index (χ0v) is 9.98. The maximum atomic E-state index is 12.1. The number of rotatable bonds is 3. The molecular weight excluding hydrogens is 204 g/mol. The first kappa shape index (κ1) is 11.9. The molecule has 1 saturated heterocycles. The van der Waals surface area contributed by atoms with Gasteiger partial charge in [-0.3, -0.25) is 4.79 Å². The number of aliphatic hydroxyl groups excluding tert-OH is 1. The SMILES string of the molecule is CN(CC1CC(O)C1)C(=O)C1CCCNC1. The average Bonchev–Trinajstić information content (AvgIpc) is 2.27. The molecule has 1 unspecified atom stereocenters. The predicted molar refractivity (Wildman–Crippen MR) is 62.0 cm³/mol. The highest BCUT2D eigenvalue weighted by atomic mass is 16.3. The van der Waals surface area contributed by atoms with Gasteiger partial charge in [0, 0.05) is 20.1 Å². The number of nitrogens with one attached hydrogen (secondary N) is 1. The summed E-state index contributed by atoms with van der Waals surface area (Å²) in [4.78, 5) is 13.9. The van der Waals surface area contributed by atoms with E-state index in [2.05, 4.69) is 5.32 Å². The van der Waals surface area contributed by atoms with Gasteiger partial charge in [-0.15, -0.1) is 0 Å². The highest BCUT2D eigenvalue weighted by molar-refractivity contribution is 5.78. The number of carbonyl (C=O) groups is 1. The Labute approximate surface area is 97.0 Å². The summed E-state index contributed by atoms with van der Waals surface area (Å²) in [5, 5.41) is 12.5. The quantitative estimate of drug-likeness (QED) is 0.723. The van der Waals surface area contributed by atoms with E-state index in [1.807, 2.05) is 11.9 Å². The van der Waals surface area contributed by atoms with E-state index in [9.17, 15) is 9.90 Å². The van der Waals surface area contributed by atoms with Crippen LogP contribution in [-0.2, 0) is 4.79 Å². The molecule has 2 N–H and O–H groups in total. The van der Waals surface area contributed by atoms with Crippen LogP contribution in [-0.4, -0.2) is 48.7 Å². The van der Waals surface area contributed by atoms with Crippen LogP contribution in [0.25, 0.3) is 0 Å². The number of piperidine rings is 1. The third-order valence-corrected chi connectivity index (χ3v) is 3.77. The van der Waals surface area contributed by atoms with Gasteiger partial charge in [0.1, 0.15) is 0 Å². The van der Waals surface area contributed by atoms with Crippen LogP contribution in [0.3, 0.4) is 0 Å². The average molecular weight is 226 g/mol. The van der Waals surface area contributed by atoms with Crippen LogP contribution in [0.5, 0.6) is 0 Å². The molecule has 1 saturated carbocycles. The van der Waals surface area contributed by atoms with E-state index in [4.69, 9.17) is 0 Å². The molecule has 4 heteroatoms. The van der Waals surface area contributed by atoms with Crippen molar-refractivity contribution in [3.8, 4) is 0 Å². The number of nitrogens with zero attached hydrogens (tertiary/aromatic N) is 1. The third-order valence-electron chi connectivity index (χ3n) is 3.77. The molecule has 1 amide bonds. The van der Waals surface area contributed by atoms with E-state index < -0.39 is 0 Å². The Kier molecular flexibility index (Phi) is 3.82. The molecule has 0 aromatic carbocycles. The van der Waals surface area contributed by atoms with Gasteiger partial charge in [0.25, 0.3) is 0 Å². The molecule has 2 rings (SSSR count). The molecule has 0 spiro atoms. The molecule has 92 valence electrons. The van der Waals surface area contributed by atoms with Crippen LogP contribution in [0.4, 0.5) is 0 Å². The highest BCUT2D eigenvalue weighted by Gasteiger charge is 2.31. The molecular formula is C12H22N2O2. The Balaban J connectivity index is 1.74. The lowest BCUT2D eigenvalue weighted by atomic mass is 9.82. The minimum atomic E-state index is -0.121. The van der Waals surface area contributed by atoms with E-state index >= 15 is 0 Å². The van der Waals surface area contributed by atoms with Crippen molar-refractivity contribution in [1.82, 2.24) is 10.2 Å². The lowest BCUT2D eigenvalue weighted by molar-refractivity contribution is -0.136. The molecule has 16 heavy (non-hydrogen) atoms. The predicted octanol–water partition coefficient (Wildman–Crippen LogP) is 0.215. The van der Waals surface area contributed by atoms with Gasteiger partial charge in [-0.05, 0) is 38.1 Å². The van der Waals surface area contributed by atoms with Gasteiger partial charge < -0.3 is 15.3 Å². The summed E-state index contributed by atoms with van der Waals surface area (Å²) in [6.45, 7) is 2.69. The van der Waals surface area contributed by atoms with E-state index in [0.29, 0.717) is 5.92 Å². The summed E-state index contributed by atoms with van der Waals surface area (Å²) in [5.41, 5.74) is 0. The Morgan fingerprint density at radius 2 is 2.25 bits per heavy atom. The molecule has 0 aromatic rings. The first-order chi connectivity index (χ1) is 7.66. The van der Waals surface area contributed by atoms with Gasteiger partial charge in [0.2, 0.25) is 5.91 Å². The number of amides is 1. The molecule has 1 aliphatic carbocycles. The van der Waals surface area contributed by atoms with Crippen LogP contribution in [0, 0.1) is 11.8 Å². The van der Waals surface area contributed by atoms with Crippen LogP contribution in [0.1, 0.15) is 25.7 Å². The number of carbonyl (C=O) groups excluding carboxylic acids is 1. The second kappa shape index (κ2) is 5.15. The number of aliphatic hydroxyl groups is 1. The van der Waals surface area contributed by atoms with Gasteiger partial charge in [0.15, 0.2) is 0 Å². The third kappa shape index (κ3) is 2.74. The fraction of sp³-hybridized carbons (Fsp3) is 0.917. The fourth-order valence-corrected chi connectivity index (χ4v) is 2.70. The van der Waals surface area contributed by atoms with Gasteiger partial charge in [-0.1, -0.05) is 0 Å². The Bertz CT molecular complexity index is 245. The summed E-state index contributed by atoms with van der Waals surface area (Å²) in [6, 6.07) is 0. The van der Waals surface area contributed by atoms with E-state index in [0.717, 1.165) is 45.3 Å². The highest BCUT2D eigenvalue weighted by Crippen LogP contribution is 2.28. The van der Waals surface area contributed by atoms with Crippen molar-refractivity contribution in [2.45, 2.75) is 31.8 Å². The second-order valence-corrected chi connectivity index (χ2v) is 5.25. The largest absolute Gasteiger partial charge is 0.393 e. The summed E-state index contributed by atoms with van der Waals surface area (Å²) in [5.74, 6) is 0.956. The van der Waals surface area contributed by atoms with Crippen LogP contribution >= 0.6 is 0 Å². The lowest BCUT2D eigenvalue weighted by Crippen LogP contribution is -2.45. The standard InChI is InChI=1S/C12H22N2O2/c1-14(8-9-5-11(15)6-9)12(16)10-3-2-4-13-7-10/h9-11,13,15H,2-8H2,1H3. The monoisotopic (exact) mass is 226 g/mol. The van der Waals surface area contributed by atoms with E-state index in [-0.39, 0.29) is 17.9 Å². The minimum Gasteiger partial charge on any atom is -0.393 e. The molecule has 0 bridgehead atoms. The summed E-state index contributed by atoms with van der Waals surface area (Å²) < 4.78 is 0. The van der Waals surface area contributed by atoms with Crippen molar-refractivity contribution in [2.24, 2.45) is 11.8 Å². The van der Waals surface area contributed by atoms with Crippen molar-refractivity contribution in [2.75, 3.05) is 26.7 Å². The maximum Gasteiger partial charge on any atom is 0.226 e. The smallest absolute Gasteiger partial charge is 0.226 e. The van der Waals surface area contributed by atoms with Crippen molar-refractivity contribution >= 4 is 5.91 Å². The van der Waals surface area contributed by atoms with Crippen molar-refractivity contribution in [3.63, 3.8) is 0 Å². The van der Waals surface area contributed by atoms with Crippen LogP contribution < -0.4 is 5.32 Å². The van der Waals surface area contributed by atoms with Crippen LogP contribution in [0.2, 0.25) is 0 Å². The minimum absolute atomic E-state index is 0.121. The Morgan fingerprint density at radius 1 is 1.50 bits per heavy atom. The van der Waals surface area contributed by atoms with E-state index in [1.54, 1.807) is 0 Å². The molecule has 1 aliphatic heterocycles. The maximum absolute atomic E-state index is 12.1. The molecule has 2 aliphatic rings. The van der Waals surface area contributed by atoms with Gasteiger partial charge in [-0.25, -0.2) is 0 Å². The zero-order chi connectivity index (χ0) is 11.5. The van der Waals surface area contributed by atoms with Gasteiger partial charge >= 0.3 is 0 Å². The second-order valence-electron chi connectivity index (χ2n) is 5.25. The molecule has 4 nitrogen and oxygen atoms in total. The van der Waals surface area contributed by atoms with Crippen LogP contribution in [0.15, 0.2) is 0 Å². The first-order valence-corrected chi connectivity index (χ1v) is 6.30. The topological polar surface area (TPSA) is 52.6 Å². The van der Waals surface area contributed by atoms with Crippen molar-refractivity contribution < 1.29 is 9.90 Å². The van der Waals surface area contributed by atoms with E-state index in [1.165, 1.54) is 0 Å². The summed E-state index contributed by atoms with van der Waals surface area (Å²) in [6.07, 6.45) is 3.72. The zero-order valence-electron chi connectivity index (χ0n) is 9.98. The summed E-state index contributed by atoms with van der Waals surface area (Å²) >= 11 is 0. The number of hydrogen-bond acceptors (Lipinski definition) is 3. The molecule has 0 aromatic heterocycles. The van der Waals surface area contributed by atoms with Gasteiger partial charge in [-0.2, -0.15) is 0 Å². The lowest BCUT2D eigenvalue weighted by Gasteiger charge is -2.36. The molecule has 2 fully saturated rings. The normalized spacial score (nSPS) is 34.2. The summed E-state index contributed by atoms with van der Waals surface area (Å²) in [7, 11) is 1.89. The fourth-order valence-electron chi connectivity index (χ4n) is 2.70. The Morgan fingerprint density at radius 3 is 2.81 bits per heavy atom. The van der Waals surface area contributed by atoms with Gasteiger partial charge in [0.05, 0.1) is 12.0 Å². The molecule has 1 heterocycles. The Hall–Kier alpha value is -0.610. The first-order valence-electron chi connectivity index (χ1n) is 6.30. The van der Waals surface area contributed by atoms with Crippen molar-refractivity contribution in [1.29, 1.82) is 0 Å². The molecule has 1 atom stereocenters. The number of hydrogen-bond donors (Lipinski definition) is 2. The van der Waals surface area contributed by atoms with Crippen molar-refractivity contribution in [3.05, 3.63) is 0 Å². The molecule has 0 radical (unpaired) electrons.